The van der Waals surface area contributed by atoms with Crippen molar-refractivity contribution in [2.75, 3.05) is 5.32 Å². The van der Waals surface area contributed by atoms with Crippen molar-refractivity contribution >= 4 is 17.5 Å². The van der Waals surface area contributed by atoms with Crippen molar-refractivity contribution in [2.24, 2.45) is 0 Å². The second-order valence-corrected chi connectivity index (χ2v) is 4.54. The number of nitrogens with zero attached hydrogens (tertiary/aromatic N) is 2. The smallest absolute Gasteiger partial charge is 0.256 e. The maximum Gasteiger partial charge on any atom is 0.256 e. The van der Waals surface area contributed by atoms with Gasteiger partial charge in [-0.15, -0.1) is 0 Å². The van der Waals surface area contributed by atoms with E-state index in [2.05, 4.69) is 24.1 Å². The van der Waals surface area contributed by atoms with E-state index < -0.39 is 0 Å². The minimum atomic E-state index is -0.0944. The summed E-state index contributed by atoms with van der Waals surface area (Å²) in [7, 11) is 0. The molecule has 0 aliphatic carbocycles. The van der Waals surface area contributed by atoms with E-state index in [1.807, 2.05) is 0 Å². The van der Waals surface area contributed by atoms with Crippen LogP contribution in [0.2, 0.25) is 5.15 Å². The van der Waals surface area contributed by atoms with E-state index in [9.17, 15) is 4.79 Å². The molecule has 1 aliphatic heterocycles. The summed E-state index contributed by atoms with van der Waals surface area (Å²) in [4.78, 5) is 15.6. The fraction of sp³-hybridized carbons (Fsp3) is 0.556. The molecule has 2 rings (SSSR count). The molecule has 0 aromatic carbocycles. The minimum absolute atomic E-state index is 0.0237. The van der Waals surface area contributed by atoms with E-state index in [0.29, 0.717) is 12.5 Å². The van der Waals surface area contributed by atoms with Gasteiger partial charge in [0.15, 0.2) is 0 Å². The van der Waals surface area contributed by atoms with Crippen molar-refractivity contribution in [3.05, 3.63) is 21.6 Å². The van der Waals surface area contributed by atoms with Crippen LogP contribution in [0, 0.1) is 0 Å². The standard InChI is InChI=1S/C9H12ClN3O/c1-9(2)3-4-13-7(14)5-6(10)11-8(13)12-9/h5H,3-4H2,1-2H3,(H,11,12). The van der Waals surface area contributed by atoms with Gasteiger partial charge in [-0.05, 0) is 20.3 Å². The highest BCUT2D eigenvalue weighted by Gasteiger charge is 2.25. The molecule has 0 saturated carbocycles. The maximum absolute atomic E-state index is 11.5. The summed E-state index contributed by atoms with van der Waals surface area (Å²) in [5.74, 6) is 0.568. The highest BCUT2D eigenvalue weighted by molar-refractivity contribution is 6.29. The van der Waals surface area contributed by atoms with Crippen LogP contribution in [0.15, 0.2) is 10.9 Å². The molecule has 76 valence electrons. The molecular formula is C9H12ClN3O. The van der Waals surface area contributed by atoms with Gasteiger partial charge >= 0.3 is 0 Å². The molecule has 1 N–H and O–H groups in total. The molecule has 14 heavy (non-hydrogen) atoms. The molecule has 0 unspecified atom stereocenters. The van der Waals surface area contributed by atoms with Crippen LogP contribution in [0.4, 0.5) is 5.95 Å². The fourth-order valence-corrected chi connectivity index (χ4v) is 1.72. The lowest BCUT2D eigenvalue weighted by Gasteiger charge is -2.33. The summed E-state index contributed by atoms with van der Waals surface area (Å²) in [6.45, 7) is 4.84. The molecule has 0 radical (unpaired) electrons. The number of halogens is 1. The Balaban J connectivity index is 2.52. The Morgan fingerprint density at radius 3 is 3.07 bits per heavy atom. The zero-order valence-corrected chi connectivity index (χ0v) is 8.93. The van der Waals surface area contributed by atoms with Crippen molar-refractivity contribution in [3.63, 3.8) is 0 Å². The maximum atomic E-state index is 11.5. The van der Waals surface area contributed by atoms with Crippen LogP contribution in [-0.4, -0.2) is 15.1 Å². The number of hydrogen-bond acceptors (Lipinski definition) is 3. The zero-order valence-electron chi connectivity index (χ0n) is 8.17. The first kappa shape index (κ1) is 9.52. The Labute approximate surface area is 86.9 Å². The molecule has 0 bridgehead atoms. The third-order valence-electron chi connectivity index (χ3n) is 2.39. The zero-order chi connectivity index (χ0) is 10.3. The molecule has 2 heterocycles. The number of anilines is 1. The van der Waals surface area contributed by atoms with Gasteiger partial charge in [0.1, 0.15) is 5.15 Å². The molecule has 0 spiro atoms. The molecule has 5 heteroatoms. The monoisotopic (exact) mass is 213 g/mol. The van der Waals surface area contributed by atoms with Gasteiger partial charge in [0.2, 0.25) is 5.95 Å². The first-order valence-corrected chi connectivity index (χ1v) is 4.91. The molecule has 0 saturated heterocycles. The van der Waals surface area contributed by atoms with Crippen molar-refractivity contribution < 1.29 is 0 Å². The van der Waals surface area contributed by atoms with Crippen LogP contribution < -0.4 is 10.9 Å². The van der Waals surface area contributed by atoms with Crippen LogP contribution in [0.1, 0.15) is 20.3 Å². The second-order valence-electron chi connectivity index (χ2n) is 4.15. The Kier molecular flexibility index (Phi) is 2.03. The van der Waals surface area contributed by atoms with Crippen LogP contribution in [0.3, 0.4) is 0 Å². The molecule has 0 atom stereocenters. The summed E-state index contributed by atoms with van der Waals surface area (Å²) in [6, 6.07) is 1.34. The van der Waals surface area contributed by atoms with Gasteiger partial charge in [0.25, 0.3) is 5.56 Å². The van der Waals surface area contributed by atoms with Gasteiger partial charge < -0.3 is 5.32 Å². The first-order chi connectivity index (χ1) is 6.48. The summed E-state index contributed by atoms with van der Waals surface area (Å²) in [5.41, 5.74) is -0.118. The Morgan fingerprint density at radius 1 is 1.64 bits per heavy atom. The Morgan fingerprint density at radius 2 is 2.36 bits per heavy atom. The highest BCUT2D eigenvalue weighted by atomic mass is 35.5. The van der Waals surface area contributed by atoms with Crippen molar-refractivity contribution in [3.8, 4) is 0 Å². The lowest BCUT2D eigenvalue weighted by atomic mass is 9.99. The fourth-order valence-electron chi connectivity index (χ4n) is 1.55. The topological polar surface area (TPSA) is 46.9 Å². The third kappa shape index (κ3) is 1.62. The van der Waals surface area contributed by atoms with E-state index in [1.54, 1.807) is 4.57 Å². The lowest BCUT2D eigenvalue weighted by molar-refractivity contribution is 0.423. The average molecular weight is 214 g/mol. The van der Waals surface area contributed by atoms with Crippen LogP contribution >= 0.6 is 11.6 Å². The van der Waals surface area contributed by atoms with Gasteiger partial charge in [0.05, 0.1) is 0 Å². The first-order valence-electron chi connectivity index (χ1n) is 4.53. The molecular weight excluding hydrogens is 202 g/mol. The van der Waals surface area contributed by atoms with E-state index in [0.717, 1.165) is 6.42 Å². The van der Waals surface area contributed by atoms with Crippen molar-refractivity contribution in [2.45, 2.75) is 32.4 Å². The SMILES string of the molecule is CC1(C)CCn2c(nc(Cl)cc2=O)N1. The molecule has 0 fully saturated rings. The number of hydrogen-bond donors (Lipinski definition) is 1. The van der Waals surface area contributed by atoms with Gasteiger partial charge in [0, 0.05) is 18.2 Å². The van der Waals surface area contributed by atoms with Crippen LogP contribution in [0.5, 0.6) is 0 Å². The van der Waals surface area contributed by atoms with Gasteiger partial charge in [-0.2, -0.15) is 0 Å². The molecule has 4 nitrogen and oxygen atoms in total. The third-order valence-corrected chi connectivity index (χ3v) is 2.58. The van der Waals surface area contributed by atoms with Crippen molar-refractivity contribution in [1.29, 1.82) is 0 Å². The minimum Gasteiger partial charge on any atom is -0.351 e. The number of rotatable bonds is 0. The van der Waals surface area contributed by atoms with Crippen LogP contribution in [-0.2, 0) is 6.54 Å². The van der Waals surface area contributed by atoms with E-state index >= 15 is 0 Å². The van der Waals surface area contributed by atoms with E-state index in [4.69, 9.17) is 11.6 Å². The number of nitrogens with one attached hydrogen (secondary N) is 1. The van der Waals surface area contributed by atoms with Gasteiger partial charge in [-0.1, -0.05) is 11.6 Å². The summed E-state index contributed by atoms with van der Waals surface area (Å²) in [5, 5.41) is 3.43. The average Bonchev–Trinajstić information content (AvgIpc) is 2.00. The van der Waals surface area contributed by atoms with Gasteiger partial charge in [-0.3, -0.25) is 9.36 Å². The summed E-state index contributed by atoms with van der Waals surface area (Å²) in [6.07, 6.45) is 0.906. The largest absolute Gasteiger partial charge is 0.351 e. The predicted octanol–water partition coefficient (Wildman–Crippen LogP) is 1.49. The summed E-state index contributed by atoms with van der Waals surface area (Å²) >= 11 is 5.71. The van der Waals surface area contributed by atoms with E-state index in [1.165, 1.54) is 6.07 Å². The Hall–Kier alpha value is -1.03. The second kappa shape index (κ2) is 2.98. The number of aromatic nitrogens is 2. The van der Waals surface area contributed by atoms with Gasteiger partial charge in [-0.25, -0.2) is 4.98 Å². The Bertz CT molecular complexity index is 425. The molecule has 1 aliphatic rings. The predicted molar refractivity (Wildman–Crippen MR) is 55.8 cm³/mol. The van der Waals surface area contributed by atoms with Crippen molar-refractivity contribution in [1.82, 2.24) is 9.55 Å². The van der Waals surface area contributed by atoms with Crippen LogP contribution in [0.25, 0.3) is 0 Å². The summed E-state index contributed by atoms with van der Waals surface area (Å²) < 4.78 is 1.61. The molecule has 1 aromatic rings. The highest BCUT2D eigenvalue weighted by Crippen LogP contribution is 2.22. The molecule has 1 aromatic heterocycles. The normalized spacial score (nSPS) is 18.5. The van der Waals surface area contributed by atoms with E-state index in [-0.39, 0.29) is 16.3 Å². The lowest BCUT2D eigenvalue weighted by Crippen LogP contribution is -2.41. The quantitative estimate of drug-likeness (QED) is 0.665. The number of fused-ring (bicyclic) bond motifs is 1. The molecule has 0 amide bonds.